The molecule has 0 radical (unpaired) electrons. The molecule has 116 valence electrons. The van der Waals surface area contributed by atoms with Crippen molar-refractivity contribution >= 4 is 23.2 Å². The van der Waals surface area contributed by atoms with E-state index in [4.69, 9.17) is 9.47 Å². The van der Waals surface area contributed by atoms with E-state index in [2.05, 4.69) is 5.32 Å². The number of amides is 1. The normalized spacial score (nSPS) is 10.0. The van der Waals surface area contributed by atoms with Gasteiger partial charge in [-0.1, -0.05) is 6.07 Å². The van der Waals surface area contributed by atoms with Gasteiger partial charge in [-0.05, 0) is 42.6 Å². The Labute approximate surface area is 132 Å². The minimum Gasteiger partial charge on any atom is -0.494 e. The third kappa shape index (κ3) is 4.89. The second kappa shape index (κ2) is 8.19. The van der Waals surface area contributed by atoms with Gasteiger partial charge in [0.15, 0.2) is 6.61 Å². The number of hydrogen-bond donors (Lipinski definition) is 1. The fourth-order valence-electron chi connectivity index (χ4n) is 1.72. The summed E-state index contributed by atoms with van der Waals surface area (Å²) in [5.41, 5.74) is 0.384. The lowest BCUT2D eigenvalue weighted by molar-refractivity contribution is -0.124. The Morgan fingerprint density at radius 3 is 2.59 bits per heavy atom. The zero-order chi connectivity index (χ0) is 15.8. The first-order valence-electron chi connectivity index (χ1n) is 6.88. The fraction of sp³-hybridized carbons (Fsp3) is 0.250. The molecule has 0 bridgehead atoms. The van der Waals surface area contributed by atoms with Crippen molar-refractivity contribution in [1.82, 2.24) is 5.32 Å². The van der Waals surface area contributed by atoms with Gasteiger partial charge in [0.2, 0.25) is 0 Å². The van der Waals surface area contributed by atoms with E-state index in [0.717, 1.165) is 4.88 Å². The molecule has 1 aromatic carbocycles. The lowest BCUT2D eigenvalue weighted by Gasteiger charge is -2.07. The predicted octanol–water partition coefficient (Wildman–Crippen LogP) is 2.62. The summed E-state index contributed by atoms with van der Waals surface area (Å²) in [6, 6.07) is 10.4. The smallest absolute Gasteiger partial charge is 0.338 e. The monoisotopic (exact) mass is 319 g/mol. The van der Waals surface area contributed by atoms with Crippen LogP contribution in [0.2, 0.25) is 0 Å². The molecule has 5 nitrogen and oxygen atoms in total. The Bertz CT molecular complexity index is 608. The van der Waals surface area contributed by atoms with Crippen molar-refractivity contribution in [2.24, 2.45) is 0 Å². The summed E-state index contributed by atoms with van der Waals surface area (Å²) in [5.74, 6) is -0.172. The molecule has 6 heteroatoms. The molecule has 0 aliphatic rings. The molecule has 0 saturated carbocycles. The largest absolute Gasteiger partial charge is 0.494 e. The van der Waals surface area contributed by atoms with Crippen LogP contribution in [-0.4, -0.2) is 25.1 Å². The molecule has 1 aromatic heterocycles. The number of ether oxygens (including phenoxy) is 2. The first-order valence-corrected chi connectivity index (χ1v) is 7.76. The Hall–Kier alpha value is -2.34. The highest BCUT2D eigenvalue weighted by atomic mass is 32.1. The highest BCUT2D eigenvalue weighted by Crippen LogP contribution is 2.12. The van der Waals surface area contributed by atoms with E-state index in [1.165, 1.54) is 0 Å². The van der Waals surface area contributed by atoms with E-state index in [0.29, 0.717) is 24.5 Å². The molecule has 2 rings (SSSR count). The Kier molecular flexibility index (Phi) is 5.97. The zero-order valence-corrected chi connectivity index (χ0v) is 13.0. The quantitative estimate of drug-likeness (QED) is 0.797. The van der Waals surface area contributed by atoms with Gasteiger partial charge in [-0.15, -0.1) is 11.3 Å². The molecule has 22 heavy (non-hydrogen) atoms. The maximum atomic E-state index is 11.8. The van der Waals surface area contributed by atoms with Crippen LogP contribution in [0.5, 0.6) is 5.75 Å². The Morgan fingerprint density at radius 1 is 1.18 bits per heavy atom. The Balaban J connectivity index is 1.75. The standard InChI is InChI=1S/C16H17NO4S/c1-2-20-13-7-5-12(6-8-13)16(19)21-11-15(18)17-10-14-4-3-9-22-14/h3-9H,2,10-11H2,1H3,(H,17,18). The first kappa shape index (κ1) is 16.0. The van der Waals surface area contributed by atoms with Gasteiger partial charge in [0.1, 0.15) is 5.75 Å². The van der Waals surface area contributed by atoms with Gasteiger partial charge in [-0.25, -0.2) is 4.79 Å². The predicted molar refractivity (Wildman–Crippen MR) is 84.1 cm³/mol. The summed E-state index contributed by atoms with van der Waals surface area (Å²) in [6.45, 7) is 2.60. The van der Waals surface area contributed by atoms with E-state index in [9.17, 15) is 9.59 Å². The zero-order valence-electron chi connectivity index (χ0n) is 12.2. The molecule has 0 spiro atoms. The lowest BCUT2D eigenvalue weighted by Crippen LogP contribution is -2.28. The molecule has 0 atom stereocenters. The van der Waals surface area contributed by atoms with Crippen LogP contribution < -0.4 is 10.1 Å². The number of esters is 1. The SMILES string of the molecule is CCOc1ccc(C(=O)OCC(=O)NCc2cccs2)cc1. The van der Waals surface area contributed by atoms with Crippen LogP contribution in [0.4, 0.5) is 0 Å². The van der Waals surface area contributed by atoms with Crippen molar-refractivity contribution in [1.29, 1.82) is 0 Å². The van der Waals surface area contributed by atoms with Gasteiger partial charge in [0.05, 0.1) is 18.7 Å². The summed E-state index contributed by atoms with van der Waals surface area (Å²) in [6.07, 6.45) is 0. The molecular weight excluding hydrogens is 302 g/mol. The third-order valence-electron chi connectivity index (χ3n) is 2.78. The summed E-state index contributed by atoms with van der Waals surface area (Å²) in [7, 11) is 0. The summed E-state index contributed by atoms with van der Waals surface area (Å²) >= 11 is 1.56. The molecule has 0 aliphatic heterocycles. The van der Waals surface area contributed by atoms with Crippen molar-refractivity contribution in [2.45, 2.75) is 13.5 Å². The van der Waals surface area contributed by atoms with Crippen LogP contribution in [0.25, 0.3) is 0 Å². The van der Waals surface area contributed by atoms with Gasteiger partial charge < -0.3 is 14.8 Å². The van der Waals surface area contributed by atoms with Crippen LogP contribution in [0.15, 0.2) is 41.8 Å². The average molecular weight is 319 g/mol. The van der Waals surface area contributed by atoms with E-state index >= 15 is 0 Å². The van der Waals surface area contributed by atoms with Gasteiger partial charge >= 0.3 is 5.97 Å². The number of rotatable bonds is 7. The van der Waals surface area contributed by atoms with Crippen molar-refractivity contribution in [3.8, 4) is 5.75 Å². The first-order chi connectivity index (χ1) is 10.7. The third-order valence-corrected chi connectivity index (χ3v) is 3.65. The number of carbonyl (C=O) groups is 2. The van der Waals surface area contributed by atoms with Gasteiger partial charge in [0.25, 0.3) is 5.91 Å². The lowest BCUT2D eigenvalue weighted by atomic mass is 10.2. The highest BCUT2D eigenvalue weighted by molar-refractivity contribution is 7.09. The van der Waals surface area contributed by atoms with Crippen molar-refractivity contribution in [3.63, 3.8) is 0 Å². The van der Waals surface area contributed by atoms with Crippen molar-refractivity contribution in [3.05, 3.63) is 52.2 Å². The van der Waals surface area contributed by atoms with Crippen LogP contribution in [0, 0.1) is 0 Å². The molecule has 0 aliphatic carbocycles. The van der Waals surface area contributed by atoms with Crippen LogP contribution >= 0.6 is 11.3 Å². The molecule has 0 unspecified atom stereocenters. The van der Waals surface area contributed by atoms with E-state index in [1.807, 2.05) is 24.4 Å². The van der Waals surface area contributed by atoms with Gasteiger partial charge in [-0.2, -0.15) is 0 Å². The van der Waals surface area contributed by atoms with E-state index in [-0.39, 0.29) is 12.5 Å². The van der Waals surface area contributed by atoms with Crippen molar-refractivity contribution < 1.29 is 19.1 Å². The van der Waals surface area contributed by atoms with Gasteiger partial charge in [0, 0.05) is 4.88 Å². The van der Waals surface area contributed by atoms with Crippen molar-refractivity contribution in [2.75, 3.05) is 13.2 Å². The molecule has 0 fully saturated rings. The summed E-state index contributed by atoms with van der Waals surface area (Å²) in [5, 5.41) is 4.63. The number of nitrogens with one attached hydrogen (secondary N) is 1. The van der Waals surface area contributed by atoms with Crippen LogP contribution in [0.1, 0.15) is 22.2 Å². The number of carbonyl (C=O) groups excluding carboxylic acids is 2. The van der Waals surface area contributed by atoms with Gasteiger partial charge in [-0.3, -0.25) is 4.79 Å². The second-order valence-electron chi connectivity index (χ2n) is 4.39. The number of hydrogen-bond acceptors (Lipinski definition) is 5. The Morgan fingerprint density at radius 2 is 1.95 bits per heavy atom. The molecule has 1 heterocycles. The molecule has 0 saturated heterocycles. The minimum absolute atomic E-state index is 0.294. The minimum atomic E-state index is -0.533. The van der Waals surface area contributed by atoms with Crippen LogP contribution in [0.3, 0.4) is 0 Å². The van der Waals surface area contributed by atoms with E-state index in [1.54, 1.807) is 35.6 Å². The number of thiophene rings is 1. The topological polar surface area (TPSA) is 64.6 Å². The van der Waals surface area contributed by atoms with E-state index < -0.39 is 5.97 Å². The molecule has 2 aromatic rings. The number of benzene rings is 1. The summed E-state index contributed by atoms with van der Waals surface area (Å²) < 4.78 is 10.3. The second-order valence-corrected chi connectivity index (χ2v) is 5.42. The van der Waals surface area contributed by atoms with Crippen LogP contribution in [-0.2, 0) is 16.1 Å². The molecular formula is C16H17NO4S. The average Bonchev–Trinajstić information content (AvgIpc) is 3.05. The maximum Gasteiger partial charge on any atom is 0.338 e. The maximum absolute atomic E-state index is 11.8. The molecule has 1 amide bonds. The fourth-order valence-corrected chi connectivity index (χ4v) is 2.36. The molecule has 1 N–H and O–H groups in total. The summed E-state index contributed by atoms with van der Waals surface area (Å²) in [4.78, 5) is 24.5. The highest BCUT2D eigenvalue weighted by Gasteiger charge is 2.10.